The zero-order valence-electron chi connectivity index (χ0n) is 10.7. The molecule has 0 atom stereocenters. The Hall–Kier alpha value is -1.31. The van der Waals surface area contributed by atoms with E-state index in [1.807, 2.05) is 19.1 Å². The Morgan fingerprint density at radius 1 is 1.35 bits per heavy atom. The first-order chi connectivity index (χ1) is 8.22. The van der Waals surface area contributed by atoms with E-state index < -0.39 is 0 Å². The number of rotatable bonds is 3. The number of ether oxygens (including phenoxy) is 1. The van der Waals surface area contributed by atoms with Crippen molar-refractivity contribution in [2.45, 2.75) is 39.0 Å². The summed E-state index contributed by atoms with van der Waals surface area (Å²) < 4.78 is 4.80. The molecule has 1 aromatic carbocycles. The van der Waals surface area contributed by atoms with Gasteiger partial charge in [0.2, 0.25) is 0 Å². The molecule has 0 spiro atoms. The van der Waals surface area contributed by atoms with Crippen molar-refractivity contribution < 1.29 is 9.53 Å². The van der Waals surface area contributed by atoms with Crippen LogP contribution in [0.2, 0.25) is 0 Å². The topological polar surface area (TPSA) is 26.3 Å². The van der Waals surface area contributed by atoms with Gasteiger partial charge in [0.05, 0.1) is 12.7 Å². The van der Waals surface area contributed by atoms with Gasteiger partial charge < -0.3 is 4.74 Å². The monoisotopic (exact) mass is 232 g/mol. The van der Waals surface area contributed by atoms with E-state index in [0.717, 1.165) is 17.9 Å². The fourth-order valence-electron chi connectivity index (χ4n) is 2.76. The number of hydrogen-bond donors (Lipinski definition) is 0. The minimum absolute atomic E-state index is 0.226. The third-order valence-corrected chi connectivity index (χ3v) is 3.83. The second-order valence-electron chi connectivity index (χ2n) is 4.94. The smallest absolute Gasteiger partial charge is 0.338 e. The Morgan fingerprint density at radius 2 is 2.06 bits per heavy atom. The summed E-state index contributed by atoms with van der Waals surface area (Å²) in [7, 11) is 1.44. The highest BCUT2D eigenvalue weighted by Gasteiger charge is 2.18. The molecule has 0 saturated heterocycles. The van der Waals surface area contributed by atoms with Crippen LogP contribution in [0.15, 0.2) is 18.2 Å². The predicted molar refractivity (Wildman–Crippen MR) is 68.2 cm³/mol. The molecule has 1 fully saturated rings. The number of esters is 1. The first-order valence-corrected chi connectivity index (χ1v) is 6.39. The molecule has 0 aliphatic heterocycles. The molecule has 0 unspecified atom stereocenters. The van der Waals surface area contributed by atoms with Gasteiger partial charge in [-0.2, -0.15) is 0 Å². The lowest BCUT2D eigenvalue weighted by Crippen LogP contribution is -2.08. The van der Waals surface area contributed by atoms with Gasteiger partial charge in [-0.1, -0.05) is 37.8 Å². The maximum Gasteiger partial charge on any atom is 0.338 e. The summed E-state index contributed by atoms with van der Waals surface area (Å²) >= 11 is 0. The van der Waals surface area contributed by atoms with Crippen molar-refractivity contribution in [1.82, 2.24) is 0 Å². The highest BCUT2D eigenvalue weighted by Crippen LogP contribution is 2.29. The van der Waals surface area contributed by atoms with Crippen molar-refractivity contribution in [1.29, 1.82) is 0 Å². The highest BCUT2D eigenvalue weighted by molar-refractivity contribution is 5.91. The average molecular weight is 232 g/mol. The van der Waals surface area contributed by atoms with Crippen molar-refractivity contribution in [3.8, 4) is 0 Å². The van der Waals surface area contributed by atoms with Crippen LogP contribution >= 0.6 is 0 Å². The van der Waals surface area contributed by atoms with Crippen LogP contribution in [0.25, 0.3) is 0 Å². The molecule has 92 valence electrons. The molecule has 2 rings (SSSR count). The minimum Gasteiger partial charge on any atom is -0.465 e. The molecular formula is C15H20O2. The number of carbonyl (C=O) groups excluding carboxylic acids is 1. The first-order valence-electron chi connectivity index (χ1n) is 6.39. The first kappa shape index (κ1) is 12.2. The second-order valence-corrected chi connectivity index (χ2v) is 4.94. The zero-order valence-corrected chi connectivity index (χ0v) is 10.7. The lowest BCUT2D eigenvalue weighted by molar-refractivity contribution is 0.0599. The van der Waals surface area contributed by atoms with E-state index in [-0.39, 0.29) is 5.97 Å². The summed E-state index contributed by atoms with van der Waals surface area (Å²) in [6.07, 6.45) is 6.50. The van der Waals surface area contributed by atoms with Crippen LogP contribution in [-0.2, 0) is 11.2 Å². The van der Waals surface area contributed by atoms with Crippen LogP contribution in [0.1, 0.15) is 47.2 Å². The Morgan fingerprint density at radius 3 is 2.71 bits per heavy atom. The molecular weight excluding hydrogens is 212 g/mol. The fourth-order valence-corrected chi connectivity index (χ4v) is 2.76. The van der Waals surface area contributed by atoms with E-state index in [4.69, 9.17) is 4.74 Å². The van der Waals surface area contributed by atoms with Crippen molar-refractivity contribution >= 4 is 5.97 Å². The molecule has 0 heterocycles. The van der Waals surface area contributed by atoms with Gasteiger partial charge in [-0.15, -0.1) is 0 Å². The molecule has 1 saturated carbocycles. The minimum atomic E-state index is -0.226. The largest absolute Gasteiger partial charge is 0.465 e. The quantitative estimate of drug-likeness (QED) is 0.745. The van der Waals surface area contributed by atoms with E-state index in [2.05, 4.69) is 6.07 Å². The molecule has 0 bridgehead atoms. The van der Waals surface area contributed by atoms with Crippen LogP contribution in [0.5, 0.6) is 0 Å². The van der Waals surface area contributed by atoms with Gasteiger partial charge in [0.15, 0.2) is 0 Å². The Kier molecular flexibility index (Phi) is 3.82. The van der Waals surface area contributed by atoms with Crippen LogP contribution in [0.4, 0.5) is 0 Å². The van der Waals surface area contributed by atoms with Gasteiger partial charge in [-0.25, -0.2) is 4.79 Å². The molecule has 1 aliphatic rings. The van der Waals surface area contributed by atoms with Gasteiger partial charge in [0.1, 0.15) is 0 Å². The summed E-state index contributed by atoms with van der Waals surface area (Å²) in [5, 5.41) is 0. The third kappa shape index (κ3) is 2.68. The van der Waals surface area contributed by atoms with Gasteiger partial charge >= 0.3 is 5.97 Å². The van der Waals surface area contributed by atoms with Gasteiger partial charge in [0.25, 0.3) is 0 Å². The van der Waals surface area contributed by atoms with Crippen LogP contribution in [-0.4, -0.2) is 13.1 Å². The maximum absolute atomic E-state index is 11.6. The van der Waals surface area contributed by atoms with E-state index in [9.17, 15) is 4.79 Å². The maximum atomic E-state index is 11.6. The molecule has 1 aromatic rings. The van der Waals surface area contributed by atoms with Gasteiger partial charge in [-0.3, -0.25) is 0 Å². The summed E-state index contributed by atoms with van der Waals surface area (Å²) in [4.78, 5) is 11.6. The van der Waals surface area contributed by atoms with Crippen LogP contribution < -0.4 is 0 Å². The summed E-state index contributed by atoms with van der Waals surface area (Å²) in [6, 6.07) is 5.95. The van der Waals surface area contributed by atoms with Crippen molar-refractivity contribution in [2.75, 3.05) is 7.11 Å². The summed E-state index contributed by atoms with van der Waals surface area (Å²) in [6.45, 7) is 2.02. The Bertz CT molecular complexity index is 403. The number of carbonyl (C=O) groups is 1. The molecule has 0 N–H and O–H groups in total. The standard InChI is InChI=1S/C15H20O2/c1-11-13(10-12-6-3-4-7-12)8-5-9-14(11)15(16)17-2/h5,8-9,12H,3-4,6-7,10H2,1-2H3. The summed E-state index contributed by atoms with van der Waals surface area (Å²) in [5.41, 5.74) is 3.11. The summed E-state index contributed by atoms with van der Waals surface area (Å²) in [5.74, 6) is 0.581. The van der Waals surface area contributed by atoms with E-state index in [1.54, 1.807) is 0 Å². The average Bonchev–Trinajstić information content (AvgIpc) is 2.84. The zero-order chi connectivity index (χ0) is 12.3. The second kappa shape index (κ2) is 5.35. The molecule has 2 nitrogen and oxygen atoms in total. The number of benzene rings is 1. The highest BCUT2D eigenvalue weighted by atomic mass is 16.5. The van der Waals surface area contributed by atoms with Crippen molar-refractivity contribution in [3.63, 3.8) is 0 Å². The lowest BCUT2D eigenvalue weighted by Gasteiger charge is -2.13. The molecule has 0 radical (unpaired) electrons. The Balaban J connectivity index is 2.19. The Labute approximate surface area is 103 Å². The molecule has 0 aromatic heterocycles. The molecule has 1 aliphatic carbocycles. The fraction of sp³-hybridized carbons (Fsp3) is 0.533. The molecule has 0 amide bonds. The molecule has 17 heavy (non-hydrogen) atoms. The third-order valence-electron chi connectivity index (χ3n) is 3.83. The number of hydrogen-bond acceptors (Lipinski definition) is 2. The van der Waals surface area contributed by atoms with Gasteiger partial charge in [-0.05, 0) is 36.5 Å². The van der Waals surface area contributed by atoms with E-state index >= 15 is 0 Å². The lowest BCUT2D eigenvalue weighted by atomic mass is 9.92. The van der Waals surface area contributed by atoms with E-state index in [1.165, 1.54) is 38.4 Å². The van der Waals surface area contributed by atoms with Gasteiger partial charge in [0, 0.05) is 0 Å². The van der Waals surface area contributed by atoms with Crippen molar-refractivity contribution in [3.05, 3.63) is 34.9 Å². The van der Waals surface area contributed by atoms with Crippen LogP contribution in [0, 0.1) is 12.8 Å². The molecule has 2 heteroatoms. The predicted octanol–water partition coefficient (Wildman–Crippen LogP) is 3.51. The number of methoxy groups -OCH3 is 1. The van der Waals surface area contributed by atoms with E-state index in [0.29, 0.717) is 5.56 Å². The van der Waals surface area contributed by atoms with Crippen molar-refractivity contribution in [2.24, 2.45) is 5.92 Å². The normalized spacial score (nSPS) is 16.1. The SMILES string of the molecule is COC(=O)c1cccc(CC2CCCC2)c1C. The van der Waals surface area contributed by atoms with Crippen LogP contribution in [0.3, 0.4) is 0 Å².